The Hall–Kier alpha value is -1.12. The van der Waals surface area contributed by atoms with Gasteiger partial charge in [0, 0.05) is 32.0 Å². The molecular weight excluding hydrogens is 242 g/mol. The second-order valence-electron chi connectivity index (χ2n) is 5.40. The lowest BCUT2D eigenvalue weighted by molar-refractivity contribution is -0.126. The average molecular weight is 265 g/mol. The van der Waals surface area contributed by atoms with Gasteiger partial charge in [-0.1, -0.05) is 0 Å². The zero-order valence-electron chi connectivity index (χ0n) is 11.4. The van der Waals surface area contributed by atoms with E-state index in [9.17, 15) is 4.79 Å². The van der Waals surface area contributed by atoms with Crippen LogP contribution in [0.1, 0.15) is 32.1 Å². The molecule has 0 bridgehead atoms. The molecule has 0 spiro atoms. The van der Waals surface area contributed by atoms with Crippen LogP contribution in [0.25, 0.3) is 0 Å². The summed E-state index contributed by atoms with van der Waals surface area (Å²) in [6.45, 7) is 4.19. The van der Waals surface area contributed by atoms with Gasteiger partial charge >= 0.3 is 0 Å². The van der Waals surface area contributed by atoms with Crippen LogP contribution in [0.3, 0.4) is 0 Å². The van der Waals surface area contributed by atoms with E-state index in [1.54, 1.807) is 0 Å². The Kier molecular flexibility index (Phi) is 5.62. The van der Waals surface area contributed by atoms with Crippen LogP contribution in [-0.2, 0) is 9.53 Å². The first-order chi connectivity index (χ1) is 9.29. The summed E-state index contributed by atoms with van der Waals surface area (Å²) in [5.41, 5.74) is 0. The Morgan fingerprint density at radius 1 is 1.37 bits per heavy atom. The average Bonchev–Trinajstić information content (AvgIpc) is 2.96. The molecule has 1 N–H and O–H groups in total. The number of ether oxygens (including phenoxy) is 1. The minimum absolute atomic E-state index is 0.139. The van der Waals surface area contributed by atoms with Crippen molar-refractivity contribution < 1.29 is 9.53 Å². The number of nitrogens with one attached hydrogen (secondary N) is 1. The third-order valence-corrected chi connectivity index (χ3v) is 4.03. The van der Waals surface area contributed by atoms with Crippen molar-refractivity contribution in [3.63, 3.8) is 0 Å². The van der Waals surface area contributed by atoms with Crippen LogP contribution in [0, 0.1) is 17.2 Å². The van der Waals surface area contributed by atoms with Gasteiger partial charge < -0.3 is 15.0 Å². The molecule has 2 aliphatic rings. The fourth-order valence-electron chi connectivity index (χ4n) is 2.79. The highest BCUT2D eigenvalue weighted by Gasteiger charge is 2.25. The molecule has 0 aliphatic carbocycles. The zero-order valence-corrected chi connectivity index (χ0v) is 11.4. The van der Waals surface area contributed by atoms with E-state index in [0.29, 0.717) is 13.0 Å². The second-order valence-corrected chi connectivity index (χ2v) is 5.40. The van der Waals surface area contributed by atoms with Crippen molar-refractivity contribution in [2.75, 3.05) is 32.8 Å². The minimum atomic E-state index is 0.139. The normalized spacial score (nSPS) is 25.1. The number of carbonyl (C=O) groups excluding carboxylic acids is 1. The van der Waals surface area contributed by atoms with Gasteiger partial charge in [-0.15, -0.1) is 0 Å². The van der Waals surface area contributed by atoms with Crippen LogP contribution < -0.4 is 5.32 Å². The Morgan fingerprint density at radius 3 is 2.79 bits per heavy atom. The molecule has 1 amide bonds. The molecule has 1 atom stereocenters. The van der Waals surface area contributed by atoms with Crippen LogP contribution in [0.5, 0.6) is 0 Å². The molecule has 2 saturated heterocycles. The molecule has 0 aromatic heterocycles. The minimum Gasteiger partial charge on any atom is -0.376 e. The molecular formula is C14H23N3O2. The highest BCUT2D eigenvalue weighted by atomic mass is 16.5. The van der Waals surface area contributed by atoms with Gasteiger partial charge in [0.15, 0.2) is 0 Å². The third-order valence-electron chi connectivity index (χ3n) is 4.03. The second kappa shape index (κ2) is 7.46. The Bertz CT molecular complexity index is 326. The maximum atomic E-state index is 12.0. The number of nitriles is 1. The summed E-state index contributed by atoms with van der Waals surface area (Å²) >= 11 is 0. The highest BCUT2D eigenvalue weighted by molar-refractivity contribution is 5.78. The quantitative estimate of drug-likeness (QED) is 0.802. The van der Waals surface area contributed by atoms with Crippen LogP contribution in [0.15, 0.2) is 0 Å². The first-order valence-corrected chi connectivity index (χ1v) is 7.28. The van der Waals surface area contributed by atoms with E-state index in [2.05, 4.69) is 16.3 Å². The molecule has 19 heavy (non-hydrogen) atoms. The van der Waals surface area contributed by atoms with Gasteiger partial charge in [-0.25, -0.2) is 0 Å². The zero-order chi connectivity index (χ0) is 13.5. The molecule has 2 fully saturated rings. The van der Waals surface area contributed by atoms with Crippen molar-refractivity contribution in [3.05, 3.63) is 0 Å². The van der Waals surface area contributed by atoms with Crippen molar-refractivity contribution in [1.29, 1.82) is 5.26 Å². The number of likely N-dealkylation sites (tertiary alicyclic amines) is 1. The molecule has 106 valence electrons. The molecule has 0 radical (unpaired) electrons. The number of nitrogens with zero attached hydrogens (tertiary/aromatic N) is 2. The maximum absolute atomic E-state index is 12.0. The van der Waals surface area contributed by atoms with Gasteiger partial charge in [0.2, 0.25) is 5.91 Å². The summed E-state index contributed by atoms with van der Waals surface area (Å²) in [6, 6.07) is 2.17. The summed E-state index contributed by atoms with van der Waals surface area (Å²) in [4.78, 5) is 14.3. The molecule has 0 aromatic carbocycles. The van der Waals surface area contributed by atoms with E-state index in [-0.39, 0.29) is 17.9 Å². The molecule has 2 aliphatic heterocycles. The van der Waals surface area contributed by atoms with Crippen molar-refractivity contribution in [1.82, 2.24) is 10.2 Å². The van der Waals surface area contributed by atoms with Crippen molar-refractivity contribution in [2.24, 2.45) is 5.92 Å². The number of piperidine rings is 1. The molecule has 5 nitrogen and oxygen atoms in total. The number of hydrogen-bond donors (Lipinski definition) is 1. The molecule has 2 rings (SSSR count). The van der Waals surface area contributed by atoms with Crippen molar-refractivity contribution >= 4 is 5.91 Å². The fraction of sp³-hybridized carbons (Fsp3) is 0.857. The van der Waals surface area contributed by atoms with Gasteiger partial charge in [0.05, 0.1) is 12.2 Å². The van der Waals surface area contributed by atoms with Crippen molar-refractivity contribution in [2.45, 2.75) is 38.2 Å². The van der Waals surface area contributed by atoms with E-state index >= 15 is 0 Å². The van der Waals surface area contributed by atoms with Crippen LogP contribution in [-0.4, -0.2) is 49.7 Å². The van der Waals surface area contributed by atoms with Gasteiger partial charge in [-0.3, -0.25) is 4.79 Å². The lowest BCUT2D eigenvalue weighted by Crippen LogP contribution is -2.42. The van der Waals surface area contributed by atoms with E-state index < -0.39 is 0 Å². The summed E-state index contributed by atoms with van der Waals surface area (Å²) in [5, 5.41) is 11.6. The molecule has 5 heteroatoms. The largest absolute Gasteiger partial charge is 0.376 e. The smallest absolute Gasteiger partial charge is 0.223 e. The Balaban J connectivity index is 1.63. The predicted molar refractivity (Wildman–Crippen MR) is 71.4 cm³/mol. The summed E-state index contributed by atoms with van der Waals surface area (Å²) < 4.78 is 5.50. The molecule has 0 saturated carbocycles. The predicted octanol–water partition coefficient (Wildman–Crippen LogP) is 0.907. The van der Waals surface area contributed by atoms with Crippen molar-refractivity contribution in [3.8, 4) is 6.07 Å². The van der Waals surface area contributed by atoms with E-state index in [1.807, 2.05) is 0 Å². The number of amides is 1. The van der Waals surface area contributed by atoms with Gasteiger partial charge in [-0.2, -0.15) is 5.26 Å². The molecule has 2 heterocycles. The number of carbonyl (C=O) groups is 1. The standard InChI is InChI=1S/C14H23N3O2/c15-6-2-7-17-8-4-12(5-9-17)14(18)16-11-13-3-1-10-19-13/h12-13H,1-5,7-11H2,(H,16,18). The van der Waals surface area contributed by atoms with Crippen LogP contribution in [0.2, 0.25) is 0 Å². The Labute approximate surface area is 114 Å². The van der Waals surface area contributed by atoms with Crippen LogP contribution >= 0.6 is 0 Å². The summed E-state index contributed by atoms with van der Waals surface area (Å²) in [7, 11) is 0. The van der Waals surface area contributed by atoms with E-state index in [1.165, 1.54) is 0 Å². The number of rotatable bonds is 5. The fourth-order valence-corrected chi connectivity index (χ4v) is 2.79. The lowest BCUT2D eigenvalue weighted by atomic mass is 9.95. The SMILES string of the molecule is N#CCCN1CCC(C(=O)NCC2CCCO2)CC1. The molecule has 0 aromatic rings. The summed E-state index contributed by atoms with van der Waals surface area (Å²) in [5.74, 6) is 0.315. The monoisotopic (exact) mass is 265 g/mol. The molecule has 1 unspecified atom stereocenters. The van der Waals surface area contributed by atoms with Gasteiger partial charge in [0.25, 0.3) is 0 Å². The van der Waals surface area contributed by atoms with Gasteiger partial charge in [-0.05, 0) is 38.8 Å². The first-order valence-electron chi connectivity index (χ1n) is 7.28. The van der Waals surface area contributed by atoms with E-state index in [0.717, 1.165) is 51.9 Å². The third kappa shape index (κ3) is 4.48. The maximum Gasteiger partial charge on any atom is 0.223 e. The van der Waals surface area contributed by atoms with E-state index in [4.69, 9.17) is 10.00 Å². The highest BCUT2D eigenvalue weighted by Crippen LogP contribution is 2.18. The van der Waals surface area contributed by atoms with Gasteiger partial charge in [0.1, 0.15) is 0 Å². The lowest BCUT2D eigenvalue weighted by Gasteiger charge is -2.30. The van der Waals surface area contributed by atoms with Crippen LogP contribution in [0.4, 0.5) is 0 Å². The topological polar surface area (TPSA) is 65.4 Å². The first kappa shape index (κ1) is 14.3. The Morgan fingerprint density at radius 2 is 2.16 bits per heavy atom. The number of hydrogen-bond acceptors (Lipinski definition) is 4. The summed E-state index contributed by atoms with van der Waals surface area (Å²) in [6.07, 6.45) is 4.78.